The minimum Gasteiger partial charge on any atom is -0.484 e. The van der Waals surface area contributed by atoms with E-state index < -0.39 is 5.91 Å². The number of benzene rings is 2. The van der Waals surface area contributed by atoms with Crippen LogP contribution in [0, 0.1) is 0 Å². The summed E-state index contributed by atoms with van der Waals surface area (Å²) >= 11 is 6.80. The summed E-state index contributed by atoms with van der Waals surface area (Å²) in [4.78, 5) is 22.8. The van der Waals surface area contributed by atoms with Crippen molar-refractivity contribution in [2.75, 3.05) is 6.61 Å². The molecule has 0 unspecified atom stereocenters. The van der Waals surface area contributed by atoms with Crippen LogP contribution in [0.15, 0.2) is 57.5 Å². The molecule has 0 bridgehead atoms. The molecule has 118 valence electrons. The maximum absolute atomic E-state index is 12.1. The third-order valence-electron chi connectivity index (χ3n) is 2.83. The van der Waals surface area contributed by atoms with E-state index in [-0.39, 0.29) is 12.4 Å². The van der Waals surface area contributed by atoms with Crippen LogP contribution in [0.25, 0.3) is 6.08 Å². The normalized spacial score (nSPS) is 10.7. The molecule has 0 aromatic heterocycles. The molecule has 0 radical (unpaired) electrons. The van der Waals surface area contributed by atoms with Gasteiger partial charge in [-0.3, -0.25) is 9.59 Å². The van der Waals surface area contributed by atoms with Crippen molar-refractivity contribution in [3.63, 3.8) is 0 Å². The van der Waals surface area contributed by atoms with Crippen LogP contribution in [-0.4, -0.2) is 18.3 Å². The second-order valence-electron chi connectivity index (χ2n) is 4.68. The van der Waals surface area contributed by atoms with Gasteiger partial charge in [-0.15, -0.1) is 0 Å². The van der Waals surface area contributed by atoms with E-state index in [2.05, 4.69) is 31.9 Å². The van der Waals surface area contributed by atoms with E-state index in [1.54, 1.807) is 30.3 Å². The van der Waals surface area contributed by atoms with Crippen LogP contribution < -0.4 is 10.5 Å². The Kier molecular flexibility index (Phi) is 6.12. The molecule has 2 aromatic rings. The Hall–Kier alpha value is -1.92. The van der Waals surface area contributed by atoms with Gasteiger partial charge in [0, 0.05) is 14.5 Å². The highest BCUT2D eigenvalue weighted by Crippen LogP contribution is 2.21. The quantitative estimate of drug-likeness (QED) is 0.547. The molecule has 6 heteroatoms. The second kappa shape index (κ2) is 8.08. The van der Waals surface area contributed by atoms with E-state index in [0.717, 1.165) is 14.5 Å². The van der Waals surface area contributed by atoms with Crippen LogP contribution in [0.2, 0.25) is 0 Å². The van der Waals surface area contributed by atoms with E-state index in [9.17, 15) is 9.59 Å². The van der Waals surface area contributed by atoms with Crippen LogP contribution in [0.1, 0.15) is 15.9 Å². The highest BCUT2D eigenvalue weighted by Gasteiger charge is 2.03. The summed E-state index contributed by atoms with van der Waals surface area (Å²) in [6.45, 7) is -0.190. The highest BCUT2D eigenvalue weighted by atomic mass is 79.9. The molecule has 0 heterocycles. The summed E-state index contributed by atoms with van der Waals surface area (Å²) in [5.41, 5.74) is 6.43. The Morgan fingerprint density at radius 1 is 1.04 bits per heavy atom. The van der Waals surface area contributed by atoms with Crippen LogP contribution >= 0.6 is 31.9 Å². The number of amides is 1. The van der Waals surface area contributed by atoms with Crippen LogP contribution in [0.5, 0.6) is 5.75 Å². The number of halogens is 2. The molecule has 2 rings (SSSR count). The van der Waals surface area contributed by atoms with Gasteiger partial charge in [0.25, 0.3) is 5.91 Å². The number of ketones is 1. The summed E-state index contributed by atoms with van der Waals surface area (Å²) in [7, 11) is 0. The zero-order valence-electron chi connectivity index (χ0n) is 12.0. The Bertz CT molecular complexity index is 735. The molecule has 2 N–H and O–H groups in total. The van der Waals surface area contributed by atoms with Crippen molar-refractivity contribution in [1.29, 1.82) is 0 Å². The summed E-state index contributed by atoms with van der Waals surface area (Å²) < 4.78 is 7.00. The number of allylic oxidation sites excluding steroid dienone is 1. The van der Waals surface area contributed by atoms with Crippen LogP contribution in [0.4, 0.5) is 0 Å². The first-order valence-corrected chi connectivity index (χ1v) is 8.22. The maximum Gasteiger partial charge on any atom is 0.255 e. The van der Waals surface area contributed by atoms with E-state index in [1.807, 2.05) is 18.2 Å². The van der Waals surface area contributed by atoms with Crippen molar-refractivity contribution in [2.45, 2.75) is 0 Å². The Morgan fingerprint density at radius 3 is 2.22 bits per heavy atom. The summed E-state index contributed by atoms with van der Waals surface area (Å²) in [6, 6.07) is 12.3. The molecular formula is C17H13Br2NO3. The molecule has 0 saturated heterocycles. The van der Waals surface area contributed by atoms with Crippen LogP contribution in [0.3, 0.4) is 0 Å². The number of hydrogen-bond donors (Lipinski definition) is 1. The number of ether oxygens (including phenoxy) is 1. The summed E-state index contributed by atoms with van der Waals surface area (Å²) in [5.74, 6) is -0.184. The van der Waals surface area contributed by atoms with Crippen LogP contribution in [-0.2, 0) is 4.79 Å². The van der Waals surface area contributed by atoms with Crippen molar-refractivity contribution < 1.29 is 14.3 Å². The van der Waals surface area contributed by atoms with Gasteiger partial charge in [0.1, 0.15) is 5.75 Å². The Labute approximate surface area is 150 Å². The van der Waals surface area contributed by atoms with Gasteiger partial charge in [-0.2, -0.15) is 0 Å². The van der Waals surface area contributed by atoms with E-state index in [1.165, 1.54) is 6.08 Å². The lowest BCUT2D eigenvalue weighted by Crippen LogP contribution is -2.19. The SMILES string of the molecule is NC(=O)COc1ccc(C(=O)/C=C/c2cc(Br)cc(Br)c2)cc1. The molecule has 0 aliphatic rings. The van der Waals surface area contributed by atoms with E-state index >= 15 is 0 Å². The van der Waals surface area contributed by atoms with Gasteiger partial charge in [0.2, 0.25) is 0 Å². The largest absolute Gasteiger partial charge is 0.484 e. The van der Waals surface area contributed by atoms with E-state index in [4.69, 9.17) is 10.5 Å². The minimum atomic E-state index is -0.548. The third-order valence-corrected chi connectivity index (χ3v) is 3.75. The van der Waals surface area contributed by atoms with Gasteiger partial charge < -0.3 is 10.5 Å². The monoisotopic (exact) mass is 437 g/mol. The van der Waals surface area contributed by atoms with Gasteiger partial charge in [0.15, 0.2) is 12.4 Å². The molecule has 0 aliphatic carbocycles. The first-order valence-electron chi connectivity index (χ1n) is 6.64. The number of nitrogens with two attached hydrogens (primary N) is 1. The topological polar surface area (TPSA) is 69.4 Å². The van der Waals surface area contributed by atoms with Gasteiger partial charge in [-0.05, 0) is 54.1 Å². The Balaban J connectivity index is 2.05. The predicted molar refractivity (Wildman–Crippen MR) is 96.3 cm³/mol. The minimum absolute atomic E-state index is 0.123. The lowest BCUT2D eigenvalue weighted by molar-refractivity contribution is -0.119. The van der Waals surface area contributed by atoms with Crippen molar-refractivity contribution in [1.82, 2.24) is 0 Å². The number of rotatable bonds is 6. The Morgan fingerprint density at radius 2 is 1.65 bits per heavy atom. The van der Waals surface area contributed by atoms with Crippen molar-refractivity contribution >= 4 is 49.6 Å². The average molecular weight is 439 g/mol. The van der Waals surface area contributed by atoms with Crippen molar-refractivity contribution in [2.24, 2.45) is 5.73 Å². The number of carbonyl (C=O) groups is 2. The third kappa shape index (κ3) is 5.65. The molecule has 0 saturated carbocycles. The molecule has 0 spiro atoms. The number of primary amides is 1. The van der Waals surface area contributed by atoms with Gasteiger partial charge in [0.05, 0.1) is 0 Å². The molecule has 1 amide bonds. The number of carbonyl (C=O) groups excluding carboxylic acids is 2. The lowest BCUT2D eigenvalue weighted by atomic mass is 10.1. The first kappa shape index (κ1) is 17.4. The number of hydrogen-bond acceptors (Lipinski definition) is 3. The highest BCUT2D eigenvalue weighted by molar-refractivity contribution is 9.11. The fourth-order valence-corrected chi connectivity index (χ4v) is 3.14. The smallest absolute Gasteiger partial charge is 0.255 e. The molecular weight excluding hydrogens is 426 g/mol. The molecule has 0 fully saturated rings. The van der Waals surface area contributed by atoms with Crippen molar-refractivity contribution in [3.8, 4) is 5.75 Å². The zero-order valence-corrected chi connectivity index (χ0v) is 15.1. The zero-order chi connectivity index (χ0) is 16.8. The molecule has 0 atom stereocenters. The molecule has 2 aromatic carbocycles. The molecule has 0 aliphatic heterocycles. The van der Waals surface area contributed by atoms with Gasteiger partial charge in [-0.1, -0.05) is 37.9 Å². The fourth-order valence-electron chi connectivity index (χ4n) is 1.81. The summed E-state index contributed by atoms with van der Waals surface area (Å²) in [6.07, 6.45) is 3.25. The second-order valence-corrected chi connectivity index (χ2v) is 6.51. The molecule has 23 heavy (non-hydrogen) atoms. The average Bonchev–Trinajstić information content (AvgIpc) is 2.50. The van der Waals surface area contributed by atoms with Gasteiger partial charge >= 0.3 is 0 Å². The fraction of sp³-hybridized carbons (Fsp3) is 0.0588. The van der Waals surface area contributed by atoms with Crippen molar-refractivity contribution in [3.05, 3.63) is 68.6 Å². The first-order chi connectivity index (χ1) is 10.9. The summed E-state index contributed by atoms with van der Waals surface area (Å²) in [5, 5.41) is 0. The van der Waals surface area contributed by atoms with E-state index in [0.29, 0.717) is 11.3 Å². The lowest BCUT2D eigenvalue weighted by Gasteiger charge is -2.04. The standard InChI is InChI=1S/C17H13Br2NO3/c18-13-7-11(8-14(19)9-13)1-6-16(21)12-2-4-15(5-3-12)23-10-17(20)22/h1-9H,10H2,(H2,20,22)/b6-1+. The predicted octanol–water partition coefficient (Wildman–Crippen LogP) is 3.97. The van der Waals surface area contributed by atoms with Gasteiger partial charge in [-0.25, -0.2) is 0 Å². The molecule has 4 nitrogen and oxygen atoms in total. The maximum atomic E-state index is 12.1.